The van der Waals surface area contributed by atoms with Gasteiger partial charge in [0.2, 0.25) is 5.91 Å². The Hall–Kier alpha value is -1.82. The fourth-order valence-corrected chi connectivity index (χ4v) is 3.25. The van der Waals surface area contributed by atoms with Crippen molar-refractivity contribution in [1.29, 1.82) is 0 Å². The molecule has 1 saturated heterocycles. The first-order chi connectivity index (χ1) is 10.2. The van der Waals surface area contributed by atoms with Crippen molar-refractivity contribution < 1.29 is 18.7 Å². The summed E-state index contributed by atoms with van der Waals surface area (Å²) < 4.78 is 10.5. The average molecular weight is 292 g/mol. The number of piperazine rings is 1. The minimum atomic E-state index is -0.205. The van der Waals surface area contributed by atoms with Gasteiger partial charge in [0.1, 0.15) is 18.9 Å². The number of hydrogen-bond donors (Lipinski definition) is 1. The summed E-state index contributed by atoms with van der Waals surface area (Å²) in [6, 6.07) is 3.55. The first-order valence-corrected chi connectivity index (χ1v) is 7.37. The van der Waals surface area contributed by atoms with E-state index in [1.165, 1.54) is 0 Å². The summed E-state index contributed by atoms with van der Waals surface area (Å²) in [5.74, 6) is 0.600. The number of nitrogens with zero attached hydrogens (tertiary/aromatic N) is 1. The molecule has 1 aliphatic carbocycles. The van der Waals surface area contributed by atoms with Gasteiger partial charge in [-0.05, 0) is 25.0 Å². The van der Waals surface area contributed by atoms with Crippen LogP contribution in [0.3, 0.4) is 0 Å². The van der Waals surface area contributed by atoms with Crippen LogP contribution in [0.2, 0.25) is 0 Å². The van der Waals surface area contributed by atoms with Gasteiger partial charge in [-0.15, -0.1) is 0 Å². The number of nitrogens with one attached hydrogen (secondary N) is 1. The second-order valence-corrected chi connectivity index (χ2v) is 5.66. The van der Waals surface area contributed by atoms with Gasteiger partial charge in [0.25, 0.3) is 5.91 Å². The average Bonchev–Trinajstić information content (AvgIpc) is 2.94. The van der Waals surface area contributed by atoms with Crippen molar-refractivity contribution in [3.05, 3.63) is 23.7 Å². The van der Waals surface area contributed by atoms with Crippen LogP contribution in [-0.4, -0.2) is 42.5 Å². The van der Waals surface area contributed by atoms with E-state index in [1.807, 2.05) is 0 Å². The Morgan fingerprint density at radius 1 is 1.43 bits per heavy atom. The van der Waals surface area contributed by atoms with E-state index in [0.717, 1.165) is 25.7 Å². The van der Waals surface area contributed by atoms with Crippen LogP contribution in [0.15, 0.2) is 16.5 Å². The summed E-state index contributed by atoms with van der Waals surface area (Å²) in [7, 11) is 1.58. The molecular weight excluding hydrogens is 272 g/mol. The summed E-state index contributed by atoms with van der Waals surface area (Å²) in [6.45, 7) is 0.445. The lowest BCUT2D eigenvalue weighted by molar-refractivity contribution is -0.127. The van der Waals surface area contributed by atoms with Crippen LogP contribution in [-0.2, 0) is 16.1 Å². The standard InChI is InChI=1S/C15H20N2O4/c1-20-9-10-6-7-13(21-10)15(19)17-8-14(18)16-11-4-2-3-5-12(11)17/h6-7,11-12H,2-5,8-9H2,1H3,(H,16,18)/t11-,12-/m1/s1. The zero-order valence-corrected chi connectivity index (χ0v) is 12.1. The summed E-state index contributed by atoms with van der Waals surface area (Å²) in [5.41, 5.74) is 0. The van der Waals surface area contributed by atoms with Gasteiger partial charge in [-0.25, -0.2) is 0 Å². The fourth-order valence-electron chi connectivity index (χ4n) is 3.25. The molecule has 2 fully saturated rings. The lowest BCUT2D eigenvalue weighted by Crippen LogP contribution is -2.62. The molecule has 1 aromatic heterocycles. The number of methoxy groups -OCH3 is 1. The smallest absolute Gasteiger partial charge is 0.290 e. The lowest BCUT2D eigenvalue weighted by atomic mass is 9.87. The van der Waals surface area contributed by atoms with E-state index in [4.69, 9.17) is 9.15 Å². The lowest BCUT2D eigenvalue weighted by Gasteiger charge is -2.43. The predicted molar refractivity (Wildman–Crippen MR) is 74.6 cm³/mol. The van der Waals surface area contributed by atoms with Gasteiger partial charge in [0, 0.05) is 13.2 Å². The highest BCUT2D eigenvalue weighted by atomic mass is 16.5. The Morgan fingerprint density at radius 2 is 2.24 bits per heavy atom. The van der Waals surface area contributed by atoms with Gasteiger partial charge in [-0.3, -0.25) is 9.59 Å². The zero-order valence-electron chi connectivity index (χ0n) is 12.1. The molecule has 3 rings (SSSR count). The first-order valence-electron chi connectivity index (χ1n) is 7.37. The molecule has 0 unspecified atom stereocenters. The maximum absolute atomic E-state index is 12.6. The van der Waals surface area contributed by atoms with Crippen LogP contribution in [0.4, 0.5) is 0 Å². The van der Waals surface area contributed by atoms with E-state index in [0.29, 0.717) is 12.4 Å². The predicted octanol–water partition coefficient (Wildman–Crippen LogP) is 1.31. The molecule has 114 valence electrons. The number of ether oxygens (including phenoxy) is 1. The number of fused-ring (bicyclic) bond motifs is 1. The molecule has 1 N–H and O–H groups in total. The molecule has 0 aromatic carbocycles. The molecule has 1 saturated carbocycles. The van der Waals surface area contributed by atoms with Gasteiger partial charge in [0.15, 0.2) is 5.76 Å². The molecule has 0 radical (unpaired) electrons. The number of carbonyl (C=O) groups excluding carboxylic acids is 2. The van der Waals surface area contributed by atoms with Gasteiger partial charge in [0.05, 0.1) is 6.04 Å². The molecule has 21 heavy (non-hydrogen) atoms. The van der Waals surface area contributed by atoms with E-state index in [9.17, 15) is 9.59 Å². The quantitative estimate of drug-likeness (QED) is 0.911. The second kappa shape index (κ2) is 5.89. The molecule has 2 aliphatic rings. The van der Waals surface area contributed by atoms with Crippen molar-refractivity contribution in [1.82, 2.24) is 10.2 Å². The number of rotatable bonds is 3. The fraction of sp³-hybridized carbons (Fsp3) is 0.600. The zero-order chi connectivity index (χ0) is 14.8. The van der Waals surface area contributed by atoms with E-state index < -0.39 is 0 Å². The Balaban J connectivity index is 1.79. The molecule has 0 bridgehead atoms. The van der Waals surface area contributed by atoms with Crippen LogP contribution < -0.4 is 5.32 Å². The third kappa shape index (κ3) is 2.81. The molecule has 0 spiro atoms. The van der Waals surface area contributed by atoms with Crippen molar-refractivity contribution in [2.75, 3.05) is 13.7 Å². The van der Waals surface area contributed by atoms with Crippen molar-refractivity contribution in [2.24, 2.45) is 0 Å². The van der Waals surface area contributed by atoms with E-state index in [2.05, 4.69) is 5.32 Å². The number of amides is 2. The van der Waals surface area contributed by atoms with Crippen LogP contribution in [0, 0.1) is 0 Å². The molecule has 1 aliphatic heterocycles. The summed E-state index contributed by atoms with van der Waals surface area (Å²) in [4.78, 5) is 26.1. The van der Waals surface area contributed by atoms with E-state index in [1.54, 1.807) is 24.1 Å². The highest BCUT2D eigenvalue weighted by Gasteiger charge is 2.39. The summed E-state index contributed by atoms with van der Waals surface area (Å²) >= 11 is 0. The Kier molecular flexibility index (Phi) is 3.96. The van der Waals surface area contributed by atoms with E-state index in [-0.39, 0.29) is 36.2 Å². The van der Waals surface area contributed by atoms with Crippen molar-refractivity contribution in [2.45, 2.75) is 44.4 Å². The SMILES string of the molecule is COCc1ccc(C(=O)N2CC(=O)N[C@@H]3CCCC[C@H]32)o1. The van der Waals surface area contributed by atoms with Gasteiger partial charge >= 0.3 is 0 Å². The van der Waals surface area contributed by atoms with E-state index >= 15 is 0 Å². The van der Waals surface area contributed by atoms with Crippen molar-refractivity contribution in [3.8, 4) is 0 Å². The molecule has 1 aromatic rings. The second-order valence-electron chi connectivity index (χ2n) is 5.66. The maximum Gasteiger partial charge on any atom is 0.290 e. The van der Waals surface area contributed by atoms with Gasteiger partial charge < -0.3 is 19.4 Å². The summed E-state index contributed by atoms with van der Waals surface area (Å²) in [6.07, 6.45) is 4.06. The molecular formula is C15H20N2O4. The highest BCUT2D eigenvalue weighted by Crippen LogP contribution is 2.27. The van der Waals surface area contributed by atoms with Gasteiger partial charge in [-0.1, -0.05) is 12.8 Å². The molecule has 6 nitrogen and oxygen atoms in total. The topological polar surface area (TPSA) is 71.8 Å². The summed E-state index contributed by atoms with van der Waals surface area (Å²) in [5, 5.41) is 3.00. The maximum atomic E-state index is 12.6. The van der Waals surface area contributed by atoms with Crippen molar-refractivity contribution in [3.63, 3.8) is 0 Å². The molecule has 2 atom stereocenters. The van der Waals surface area contributed by atoms with Crippen molar-refractivity contribution >= 4 is 11.8 Å². The van der Waals surface area contributed by atoms with Crippen LogP contribution in [0.5, 0.6) is 0 Å². The number of furan rings is 1. The van der Waals surface area contributed by atoms with Crippen LogP contribution in [0.1, 0.15) is 42.0 Å². The number of carbonyl (C=O) groups is 2. The Morgan fingerprint density at radius 3 is 3.05 bits per heavy atom. The minimum absolute atomic E-state index is 0.0809. The Bertz CT molecular complexity index is 540. The van der Waals surface area contributed by atoms with Crippen LogP contribution in [0.25, 0.3) is 0 Å². The first kappa shape index (κ1) is 14.1. The third-order valence-corrected chi connectivity index (χ3v) is 4.21. The highest BCUT2D eigenvalue weighted by molar-refractivity contribution is 5.95. The normalized spacial score (nSPS) is 25.4. The minimum Gasteiger partial charge on any atom is -0.453 e. The molecule has 2 heterocycles. The number of hydrogen-bond acceptors (Lipinski definition) is 4. The monoisotopic (exact) mass is 292 g/mol. The van der Waals surface area contributed by atoms with Gasteiger partial charge in [-0.2, -0.15) is 0 Å². The molecule has 6 heteroatoms. The molecule has 2 amide bonds. The third-order valence-electron chi connectivity index (χ3n) is 4.21. The van der Waals surface area contributed by atoms with Crippen LogP contribution >= 0.6 is 0 Å². The largest absolute Gasteiger partial charge is 0.453 e. The Labute approximate surface area is 123 Å².